The van der Waals surface area contributed by atoms with Crippen molar-refractivity contribution in [1.82, 2.24) is 9.80 Å². The molecule has 4 heterocycles. The summed E-state index contributed by atoms with van der Waals surface area (Å²) in [5.74, 6) is 0.409. The molecule has 1 aliphatic carbocycles. The van der Waals surface area contributed by atoms with Gasteiger partial charge >= 0.3 is 0 Å². The molecule has 2 saturated heterocycles. The van der Waals surface area contributed by atoms with Crippen molar-refractivity contribution in [2.45, 2.75) is 81.9 Å². The van der Waals surface area contributed by atoms with Crippen LogP contribution in [0.1, 0.15) is 64.2 Å². The van der Waals surface area contributed by atoms with E-state index in [-0.39, 0.29) is 18.1 Å². The van der Waals surface area contributed by atoms with Crippen LogP contribution in [0.5, 0.6) is 0 Å². The zero-order valence-corrected chi connectivity index (χ0v) is 18.5. The predicted octanol–water partition coefficient (Wildman–Crippen LogP) is 3.66. The Kier molecular flexibility index (Phi) is 5.96. The highest BCUT2D eigenvalue weighted by Crippen LogP contribution is 2.59. The fourth-order valence-electron chi connectivity index (χ4n) is 7.66. The Bertz CT molecular complexity index is 716. The van der Waals surface area contributed by atoms with E-state index in [0.29, 0.717) is 12.0 Å². The van der Waals surface area contributed by atoms with Crippen molar-refractivity contribution in [2.75, 3.05) is 32.8 Å². The number of nitrogens with zero attached hydrogens (tertiary/aromatic N) is 2. The first-order chi connectivity index (χ1) is 14.7. The maximum atomic E-state index is 12.2. The average Bonchev–Trinajstić information content (AvgIpc) is 3.01. The molecule has 6 atom stereocenters. The van der Waals surface area contributed by atoms with Gasteiger partial charge in [-0.3, -0.25) is 4.90 Å². The molecule has 4 heteroatoms. The van der Waals surface area contributed by atoms with Crippen LogP contribution in [0, 0.1) is 11.3 Å². The van der Waals surface area contributed by atoms with Crippen LogP contribution in [-0.4, -0.2) is 70.5 Å². The molecule has 0 aromatic carbocycles. The van der Waals surface area contributed by atoms with E-state index in [0.717, 1.165) is 57.3 Å². The third-order valence-electron chi connectivity index (χ3n) is 8.74. The molecule has 2 fully saturated rings. The molecule has 30 heavy (non-hydrogen) atoms. The SMILES string of the molecule is OCC1=C[C@@]2(O)CC/C=C\CCCCN3CC[C@@H]1[C@]1(C[C@@H]4/C=C\CCCCN4[C@H]12)C3. The van der Waals surface area contributed by atoms with E-state index < -0.39 is 5.60 Å². The van der Waals surface area contributed by atoms with Crippen molar-refractivity contribution in [1.29, 1.82) is 0 Å². The van der Waals surface area contributed by atoms with E-state index in [4.69, 9.17) is 0 Å². The second kappa shape index (κ2) is 8.54. The molecule has 4 aliphatic heterocycles. The number of aliphatic hydroxyl groups excluding tert-OH is 1. The van der Waals surface area contributed by atoms with Crippen molar-refractivity contribution in [2.24, 2.45) is 11.3 Å². The first kappa shape index (κ1) is 20.9. The number of allylic oxidation sites excluding steroid dienone is 3. The molecule has 0 aromatic heterocycles. The number of hydrogen-bond donors (Lipinski definition) is 2. The minimum Gasteiger partial charge on any atom is -0.392 e. The number of hydrogen-bond acceptors (Lipinski definition) is 4. The van der Waals surface area contributed by atoms with Gasteiger partial charge in [-0.2, -0.15) is 0 Å². The lowest BCUT2D eigenvalue weighted by atomic mass is 9.55. The molecule has 1 spiro atoms. The normalized spacial score (nSPS) is 46.8. The second-order valence-electron chi connectivity index (χ2n) is 10.6. The molecule has 5 rings (SSSR count). The minimum atomic E-state index is -0.849. The summed E-state index contributed by atoms with van der Waals surface area (Å²) >= 11 is 0. The molecule has 3 bridgehead atoms. The molecule has 0 radical (unpaired) electrons. The van der Waals surface area contributed by atoms with Gasteiger partial charge < -0.3 is 15.1 Å². The van der Waals surface area contributed by atoms with Crippen LogP contribution < -0.4 is 0 Å². The van der Waals surface area contributed by atoms with Crippen LogP contribution in [0.2, 0.25) is 0 Å². The van der Waals surface area contributed by atoms with E-state index in [1.165, 1.54) is 38.6 Å². The third kappa shape index (κ3) is 3.54. The molecule has 166 valence electrons. The fraction of sp³-hybridized carbons (Fsp3) is 0.769. The molecular weight excluding hydrogens is 372 g/mol. The monoisotopic (exact) mass is 412 g/mol. The summed E-state index contributed by atoms with van der Waals surface area (Å²) in [5, 5.41) is 22.6. The predicted molar refractivity (Wildman–Crippen MR) is 121 cm³/mol. The molecule has 0 saturated carbocycles. The van der Waals surface area contributed by atoms with Gasteiger partial charge in [-0.15, -0.1) is 0 Å². The summed E-state index contributed by atoms with van der Waals surface area (Å²) in [5.41, 5.74) is 0.320. The van der Waals surface area contributed by atoms with Gasteiger partial charge in [-0.1, -0.05) is 24.3 Å². The lowest BCUT2D eigenvalue weighted by molar-refractivity contribution is -0.0985. The van der Waals surface area contributed by atoms with Gasteiger partial charge in [0.25, 0.3) is 0 Å². The van der Waals surface area contributed by atoms with E-state index in [9.17, 15) is 10.2 Å². The van der Waals surface area contributed by atoms with Crippen LogP contribution in [0.15, 0.2) is 36.0 Å². The van der Waals surface area contributed by atoms with Crippen molar-refractivity contribution in [3.05, 3.63) is 36.0 Å². The van der Waals surface area contributed by atoms with Crippen molar-refractivity contribution >= 4 is 0 Å². The third-order valence-corrected chi connectivity index (χ3v) is 8.74. The highest BCUT2D eigenvalue weighted by atomic mass is 16.3. The molecule has 4 nitrogen and oxygen atoms in total. The Labute approximate surface area is 182 Å². The molecule has 1 unspecified atom stereocenters. The number of piperidine rings is 1. The summed E-state index contributed by atoms with van der Waals surface area (Å²) in [4.78, 5) is 5.37. The zero-order chi connectivity index (χ0) is 20.6. The van der Waals surface area contributed by atoms with Crippen molar-refractivity contribution in [3.8, 4) is 0 Å². The topological polar surface area (TPSA) is 46.9 Å². The smallest absolute Gasteiger partial charge is 0.0995 e. The molecular formula is C26H40N2O2. The Morgan fingerprint density at radius 3 is 2.63 bits per heavy atom. The fourth-order valence-corrected chi connectivity index (χ4v) is 7.66. The maximum absolute atomic E-state index is 12.2. The maximum Gasteiger partial charge on any atom is 0.0995 e. The lowest BCUT2D eigenvalue weighted by Gasteiger charge is -2.58. The van der Waals surface area contributed by atoms with Crippen LogP contribution in [0.3, 0.4) is 0 Å². The number of rotatable bonds is 1. The van der Waals surface area contributed by atoms with Gasteiger partial charge in [-0.25, -0.2) is 0 Å². The van der Waals surface area contributed by atoms with E-state index in [1.807, 2.05) is 0 Å². The summed E-state index contributed by atoms with van der Waals surface area (Å²) in [6.07, 6.45) is 22.8. The summed E-state index contributed by atoms with van der Waals surface area (Å²) < 4.78 is 0. The van der Waals surface area contributed by atoms with Crippen molar-refractivity contribution in [3.63, 3.8) is 0 Å². The number of aliphatic hydroxyl groups is 2. The van der Waals surface area contributed by atoms with E-state index >= 15 is 0 Å². The largest absolute Gasteiger partial charge is 0.392 e. The first-order valence-electron chi connectivity index (χ1n) is 12.5. The highest BCUT2D eigenvalue weighted by molar-refractivity contribution is 5.34. The van der Waals surface area contributed by atoms with Gasteiger partial charge in [0.05, 0.1) is 18.2 Å². The first-order valence-corrected chi connectivity index (χ1v) is 12.5. The van der Waals surface area contributed by atoms with Gasteiger partial charge in [0.2, 0.25) is 0 Å². The van der Waals surface area contributed by atoms with Gasteiger partial charge in [0, 0.05) is 18.0 Å². The Morgan fingerprint density at radius 2 is 1.77 bits per heavy atom. The molecule has 5 aliphatic rings. The second-order valence-corrected chi connectivity index (χ2v) is 10.6. The highest BCUT2D eigenvalue weighted by Gasteiger charge is 2.65. The number of fused-ring (bicyclic) bond motifs is 2. The molecule has 2 N–H and O–H groups in total. The van der Waals surface area contributed by atoms with E-state index in [1.54, 1.807) is 0 Å². The quantitative estimate of drug-likeness (QED) is 0.645. The standard InChI is InChI=1S/C26H40N2O2/c29-19-21-17-26(30)13-8-4-1-2-5-9-14-27-16-12-23(21)25(20-27)18-22-11-7-3-6-10-15-28(22)24(25)26/h1,4,7,11,17,22-24,29-30H,2-3,5-6,8-10,12-16,18-20H2/b4-1-,11-7-/t22-,23-,24+,25-,26-/m0/s1. The summed E-state index contributed by atoms with van der Waals surface area (Å²) in [6.45, 7) is 4.57. The summed E-state index contributed by atoms with van der Waals surface area (Å²) in [6, 6.07) is 0.592. The van der Waals surface area contributed by atoms with Crippen molar-refractivity contribution < 1.29 is 10.2 Å². The average molecular weight is 413 g/mol. The molecule has 0 amide bonds. The summed E-state index contributed by atoms with van der Waals surface area (Å²) in [7, 11) is 0. The zero-order valence-electron chi connectivity index (χ0n) is 18.5. The van der Waals surface area contributed by atoms with Gasteiger partial charge in [0.1, 0.15) is 0 Å². The van der Waals surface area contributed by atoms with Crippen LogP contribution >= 0.6 is 0 Å². The van der Waals surface area contributed by atoms with Crippen LogP contribution in [0.4, 0.5) is 0 Å². The Morgan fingerprint density at radius 1 is 0.967 bits per heavy atom. The van der Waals surface area contributed by atoms with Gasteiger partial charge in [0.15, 0.2) is 0 Å². The van der Waals surface area contributed by atoms with Crippen LogP contribution in [-0.2, 0) is 0 Å². The Balaban J connectivity index is 1.62. The minimum absolute atomic E-state index is 0.0525. The van der Waals surface area contributed by atoms with E-state index in [2.05, 4.69) is 40.2 Å². The lowest BCUT2D eigenvalue weighted by Crippen LogP contribution is -2.66. The van der Waals surface area contributed by atoms with Crippen LogP contribution in [0.25, 0.3) is 0 Å². The Hall–Kier alpha value is -0.940. The van der Waals surface area contributed by atoms with Gasteiger partial charge in [-0.05, 0) is 101 Å². The molecule has 0 aromatic rings.